The van der Waals surface area contributed by atoms with E-state index in [4.69, 9.17) is 56.8 Å². The second kappa shape index (κ2) is 32.3. The van der Waals surface area contributed by atoms with E-state index in [9.17, 15) is 47.9 Å². The number of carbonyl (C=O) groups is 10. The van der Waals surface area contributed by atoms with Crippen molar-refractivity contribution in [2.45, 2.75) is 90.9 Å². The summed E-state index contributed by atoms with van der Waals surface area (Å²) in [6, 6.07) is 7.87. The number of carbonyl (C=O) groups excluding carboxylic acids is 10. The molecule has 22 heteroatoms. The van der Waals surface area contributed by atoms with Gasteiger partial charge in [0.15, 0.2) is 0 Å². The number of rotatable bonds is 28. The number of hydrogen-bond acceptors (Lipinski definition) is 22. The summed E-state index contributed by atoms with van der Waals surface area (Å²) in [6.45, 7) is 10.5. The lowest BCUT2D eigenvalue weighted by Gasteiger charge is -2.26. The highest BCUT2D eigenvalue weighted by atomic mass is 16.6. The van der Waals surface area contributed by atoms with Crippen molar-refractivity contribution in [1.82, 2.24) is 0 Å². The molecule has 0 amide bonds. The molecule has 78 heavy (non-hydrogen) atoms. The third-order valence-corrected chi connectivity index (χ3v) is 13.2. The predicted molar refractivity (Wildman–Crippen MR) is 270 cm³/mol. The molecule has 0 aliphatic heterocycles. The van der Waals surface area contributed by atoms with Crippen LogP contribution >= 0.6 is 0 Å². The quantitative estimate of drug-likeness (QED) is 0.0294. The Morgan fingerprint density at radius 2 is 0.667 bits per heavy atom. The van der Waals surface area contributed by atoms with E-state index in [2.05, 4.69) is 13.2 Å². The largest absolute Gasteiger partial charge is 0.462 e. The summed E-state index contributed by atoms with van der Waals surface area (Å²) in [4.78, 5) is 128. The van der Waals surface area contributed by atoms with Crippen LogP contribution in [0.3, 0.4) is 0 Å². The summed E-state index contributed by atoms with van der Waals surface area (Å²) in [5, 5.41) is 0. The monoisotopic (exact) mass is 1090 g/mol. The predicted octanol–water partition coefficient (Wildman–Crippen LogP) is 6.36. The van der Waals surface area contributed by atoms with Crippen LogP contribution in [0.5, 0.6) is 23.0 Å². The summed E-state index contributed by atoms with van der Waals surface area (Å²) in [5.74, 6) is -10.1. The van der Waals surface area contributed by atoms with Crippen molar-refractivity contribution in [2.24, 2.45) is 35.5 Å². The summed E-state index contributed by atoms with van der Waals surface area (Å²) in [5.41, 5.74) is -0.357. The molecule has 0 bridgehead atoms. The maximum absolute atomic E-state index is 13.5. The first-order valence-electron chi connectivity index (χ1n) is 26.2. The molecule has 0 aromatic heterocycles. The lowest BCUT2D eigenvalue weighted by Crippen LogP contribution is -2.31. The Balaban J connectivity index is 1.14. The van der Waals surface area contributed by atoms with Crippen molar-refractivity contribution in [3.05, 3.63) is 72.8 Å². The van der Waals surface area contributed by atoms with Gasteiger partial charge in [-0.1, -0.05) is 13.2 Å². The molecular formula is C56H68O22. The number of ether oxygens (including phenoxy) is 12. The first-order valence-corrected chi connectivity index (χ1v) is 26.2. The fourth-order valence-corrected chi connectivity index (χ4v) is 8.87. The van der Waals surface area contributed by atoms with Gasteiger partial charge in [0.05, 0.1) is 48.7 Å². The van der Waals surface area contributed by atoms with E-state index in [1.165, 1.54) is 36.4 Å². The van der Waals surface area contributed by atoms with E-state index in [1.54, 1.807) is 13.8 Å². The van der Waals surface area contributed by atoms with Crippen molar-refractivity contribution in [2.75, 3.05) is 66.1 Å². The molecule has 3 saturated carbocycles. The van der Waals surface area contributed by atoms with Crippen molar-refractivity contribution in [3.63, 3.8) is 0 Å². The molecule has 0 N–H and O–H groups in total. The highest BCUT2D eigenvalue weighted by molar-refractivity contribution is 5.95. The zero-order chi connectivity index (χ0) is 56.4. The van der Waals surface area contributed by atoms with Crippen LogP contribution in [0.15, 0.2) is 61.7 Å². The first-order chi connectivity index (χ1) is 37.6. The molecule has 2 aromatic rings. The van der Waals surface area contributed by atoms with Gasteiger partial charge in [0.2, 0.25) is 0 Å². The minimum Gasteiger partial charge on any atom is -0.462 e. The van der Waals surface area contributed by atoms with Crippen LogP contribution in [0, 0.1) is 35.5 Å². The average molecular weight is 1090 g/mol. The topological polar surface area (TPSA) is 281 Å². The van der Waals surface area contributed by atoms with Crippen LogP contribution in [0.2, 0.25) is 0 Å². The fourth-order valence-electron chi connectivity index (χ4n) is 8.87. The second-order valence-corrected chi connectivity index (χ2v) is 18.4. The third kappa shape index (κ3) is 19.5. The lowest BCUT2D eigenvalue weighted by molar-refractivity contribution is -0.155. The summed E-state index contributed by atoms with van der Waals surface area (Å²) >= 11 is 0. The van der Waals surface area contributed by atoms with Crippen LogP contribution in [-0.2, 0) is 76.3 Å². The Hall–Kier alpha value is -7.46. The summed E-state index contributed by atoms with van der Waals surface area (Å²) < 4.78 is 64.2. The van der Waals surface area contributed by atoms with Crippen LogP contribution in [0.1, 0.15) is 112 Å². The van der Waals surface area contributed by atoms with Crippen molar-refractivity contribution in [1.29, 1.82) is 0 Å². The molecule has 0 radical (unpaired) electrons. The van der Waals surface area contributed by atoms with Crippen molar-refractivity contribution in [3.8, 4) is 23.0 Å². The Morgan fingerprint density at radius 1 is 0.385 bits per heavy atom. The van der Waals surface area contributed by atoms with E-state index >= 15 is 0 Å². The molecule has 3 aliphatic carbocycles. The molecule has 5 rings (SSSR count). The Morgan fingerprint density at radius 3 is 0.974 bits per heavy atom. The maximum Gasteiger partial charge on any atom is 0.342 e. The highest BCUT2D eigenvalue weighted by Gasteiger charge is 2.36. The minimum absolute atomic E-state index is 0.0225. The van der Waals surface area contributed by atoms with Crippen molar-refractivity contribution >= 4 is 59.7 Å². The van der Waals surface area contributed by atoms with Gasteiger partial charge >= 0.3 is 59.7 Å². The molecule has 0 atom stereocenters. The molecule has 3 aliphatic rings. The smallest absolute Gasteiger partial charge is 0.342 e. The molecule has 0 unspecified atom stereocenters. The first kappa shape index (κ1) is 61.4. The van der Waals surface area contributed by atoms with Gasteiger partial charge in [0, 0.05) is 25.4 Å². The van der Waals surface area contributed by atoms with E-state index in [1.807, 2.05) is 0 Å². The Labute approximate surface area is 451 Å². The van der Waals surface area contributed by atoms with Gasteiger partial charge in [-0.3, -0.25) is 28.8 Å². The van der Waals surface area contributed by atoms with E-state index in [0.29, 0.717) is 64.6 Å². The number of benzene rings is 2. The van der Waals surface area contributed by atoms with Gasteiger partial charge in [-0.15, -0.1) is 0 Å². The van der Waals surface area contributed by atoms with Crippen LogP contribution in [0.25, 0.3) is 0 Å². The van der Waals surface area contributed by atoms with E-state index in [-0.39, 0.29) is 113 Å². The molecule has 22 nitrogen and oxygen atoms in total. The van der Waals surface area contributed by atoms with Gasteiger partial charge in [-0.2, -0.15) is 0 Å². The van der Waals surface area contributed by atoms with Gasteiger partial charge < -0.3 is 56.8 Å². The lowest BCUT2D eigenvalue weighted by atomic mass is 9.82. The molecule has 0 heterocycles. The Kier molecular flexibility index (Phi) is 25.4. The van der Waals surface area contributed by atoms with E-state index < -0.39 is 95.2 Å². The SMILES string of the molecule is C=CC(=O)OCCOC(=O)C1CCC(C(=O)Oc2ccc(OC(=O)C3CCC(C(=O)Oc4ccc(OC(=O)C5CCC(C(=O)OCCOC(=O)C=C)CC5)c(C(=O)OCCOCC)c4)CC3)cc2C(=O)OCCOCC)CC1. The molecular weight excluding hydrogens is 1020 g/mol. The normalized spacial score (nSPS) is 19.8. The molecule has 0 spiro atoms. The average Bonchev–Trinajstić information content (AvgIpc) is 3.48. The fraction of sp³-hybridized carbons (Fsp3) is 0.536. The highest BCUT2D eigenvalue weighted by Crippen LogP contribution is 2.36. The summed E-state index contributed by atoms with van der Waals surface area (Å²) in [6.07, 6.45) is 5.58. The van der Waals surface area contributed by atoms with Gasteiger partial charge in [0.25, 0.3) is 0 Å². The van der Waals surface area contributed by atoms with Gasteiger partial charge in [0.1, 0.15) is 73.8 Å². The molecule has 3 fully saturated rings. The maximum atomic E-state index is 13.5. The van der Waals surface area contributed by atoms with Crippen molar-refractivity contribution < 1.29 is 105 Å². The third-order valence-electron chi connectivity index (χ3n) is 13.2. The number of hydrogen-bond donors (Lipinski definition) is 0. The standard InChI is InChI=1S/C56H68O22/c1-5-47(57)69-29-31-71-49(59)35-9-13-39(14-10-35)53(63)77-45-23-21-41(33-43(45)55(65)73-27-25-67-7-3)75-51(61)37-17-19-38(20-18-37)52(62)76-42-22-24-46(44(34-42)56(66)74-28-26-68-8-4)78-54(64)40-15-11-36(12-16-40)50(60)72-32-30-70-48(58)6-2/h5-6,21-24,33-40H,1-2,7-20,25-32H2,3-4H3. The minimum atomic E-state index is -0.860. The molecule has 0 saturated heterocycles. The zero-order valence-electron chi connectivity index (χ0n) is 44.0. The van der Waals surface area contributed by atoms with Crippen LogP contribution < -0.4 is 18.9 Å². The van der Waals surface area contributed by atoms with Crippen LogP contribution in [0.4, 0.5) is 0 Å². The molecule has 424 valence electrons. The van der Waals surface area contributed by atoms with E-state index in [0.717, 1.165) is 12.2 Å². The Bertz CT molecular complexity index is 2270. The number of esters is 10. The summed E-state index contributed by atoms with van der Waals surface area (Å²) in [7, 11) is 0. The van der Waals surface area contributed by atoms with Gasteiger partial charge in [-0.05, 0) is 127 Å². The van der Waals surface area contributed by atoms with Crippen LogP contribution in [-0.4, -0.2) is 126 Å². The second-order valence-electron chi connectivity index (χ2n) is 18.4. The molecule has 2 aromatic carbocycles. The van der Waals surface area contributed by atoms with Gasteiger partial charge in [-0.25, -0.2) is 19.2 Å². The zero-order valence-corrected chi connectivity index (χ0v) is 44.0.